The summed E-state index contributed by atoms with van der Waals surface area (Å²) in [4.78, 5) is 36.0. The first-order valence-electron chi connectivity index (χ1n) is 10.4. The first-order chi connectivity index (χ1) is 17.0. The van der Waals surface area contributed by atoms with E-state index in [-0.39, 0.29) is 12.5 Å². The second-order valence-electron chi connectivity index (χ2n) is 6.99. The maximum absolute atomic E-state index is 12.1. The maximum Gasteiger partial charge on any atom is 0.329 e. The number of nitrogens with one attached hydrogen (secondary N) is 3. The SMILES string of the molecule is COc1ccc(NC(=O)COc2ccc(/C=N\NC(=O)C(=O)Nc3ccccc3OC)cc2)cc1. The summed E-state index contributed by atoms with van der Waals surface area (Å²) in [5, 5.41) is 8.96. The van der Waals surface area contributed by atoms with Crippen molar-refractivity contribution in [1.29, 1.82) is 0 Å². The monoisotopic (exact) mass is 476 g/mol. The normalized spacial score (nSPS) is 10.3. The summed E-state index contributed by atoms with van der Waals surface area (Å²) in [5.41, 5.74) is 3.80. The van der Waals surface area contributed by atoms with Gasteiger partial charge in [-0.1, -0.05) is 12.1 Å². The highest BCUT2D eigenvalue weighted by Gasteiger charge is 2.14. The van der Waals surface area contributed by atoms with E-state index in [0.29, 0.717) is 34.2 Å². The second kappa shape index (κ2) is 12.4. The van der Waals surface area contributed by atoms with Crippen LogP contribution in [0, 0.1) is 0 Å². The van der Waals surface area contributed by atoms with Crippen LogP contribution in [-0.2, 0) is 14.4 Å². The summed E-state index contributed by atoms with van der Waals surface area (Å²) < 4.78 is 15.7. The number of carbonyl (C=O) groups is 3. The summed E-state index contributed by atoms with van der Waals surface area (Å²) in [7, 11) is 3.03. The van der Waals surface area contributed by atoms with E-state index in [1.54, 1.807) is 79.9 Å². The zero-order chi connectivity index (χ0) is 25.0. The quantitative estimate of drug-likeness (QED) is 0.248. The summed E-state index contributed by atoms with van der Waals surface area (Å²) in [6.45, 7) is -0.170. The molecule has 0 aliphatic carbocycles. The van der Waals surface area contributed by atoms with Crippen LogP contribution in [0.3, 0.4) is 0 Å². The predicted octanol–water partition coefficient (Wildman–Crippen LogP) is 2.81. The minimum Gasteiger partial charge on any atom is -0.497 e. The molecule has 0 atom stereocenters. The minimum absolute atomic E-state index is 0.170. The summed E-state index contributed by atoms with van der Waals surface area (Å²) in [6, 6.07) is 20.3. The number of hydrogen-bond acceptors (Lipinski definition) is 7. The van der Waals surface area contributed by atoms with Gasteiger partial charge in [0.1, 0.15) is 17.2 Å². The molecule has 0 aliphatic rings. The van der Waals surface area contributed by atoms with Gasteiger partial charge in [0, 0.05) is 5.69 Å². The van der Waals surface area contributed by atoms with Crippen LogP contribution in [0.5, 0.6) is 17.2 Å². The lowest BCUT2D eigenvalue weighted by Crippen LogP contribution is -2.32. The molecule has 0 bridgehead atoms. The van der Waals surface area contributed by atoms with E-state index in [0.717, 1.165) is 0 Å². The number of para-hydroxylation sites is 2. The first kappa shape index (κ1) is 24.8. The van der Waals surface area contributed by atoms with Crippen molar-refractivity contribution in [3.8, 4) is 17.2 Å². The van der Waals surface area contributed by atoms with E-state index in [9.17, 15) is 14.4 Å². The molecule has 0 radical (unpaired) electrons. The average Bonchev–Trinajstić information content (AvgIpc) is 2.89. The molecule has 0 saturated carbocycles. The number of benzene rings is 3. The molecule has 3 N–H and O–H groups in total. The highest BCUT2D eigenvalue weighted by molar-refractivity contribution is 6.39. The van der Waals surface area contributed by atoms with Crippen molar-refractivity contribution in [2.24, 2.45) is 5.10 Å². The Morgan fingerprint density at radius 3 is 2.17 bits per heavy atom. The van der Waals surface area contributed by atoms with Crippen LogP contribution in [0.25, 0.3) is 0 Å². The first-order valence-corrected chi connectivity index (χ1v) is 10.4. The number of hydrogen-bond donors (Lipinski definition) is 3. The topological polar surface area (TPSA) is 127 Å². The zero-order valence-electron chi connectivity index (χ0n) is 19.1. The van der Waals surface area contributed by atoms with Gasteiger partial charge in [0.05, 0.1) is 26.1 Å². The standard InChI is InChI=1S/C25H24N4O6/c1-33-19-13-9-18(10-14-19)27-23(30)16-35-20-11-7-17(8-12-20)15-26-29-25(32)24(31)28-21-5-3-4-6-22(21)34-2/h3-15H,16H2,1-2H3,(H,27,30)(H,28,31)(H,29,32)/b26-15-. The Balaban J connectivity index is 1.43. The molecule has 0 aliphatic heterocycles. The second-order valence-corrected chi connectivity index (χ2v) is 6.99. The Morgan fingerprint density at radius 2 is 1.49 bits per heavy atom. The van der Waals surface area contributed by atoms with Crippen molar-refractivity contribution in [1.82, 2.24) is 5.43 Å². The summed E-state index contributed by atoms with van der Waals surface area (Å²) in [5.74, 6) is -0.531. The molecule has 0 aromatic heterocycles. The Hall–Kier alpha value is -4.86. The number of carbonyl (C=O) groups excluding carboxylic acids is 3. The van der Waals surface area contributed by atoms with Gasteiger partial charge in [0.2, 0.25) is 0 Å². The molecule has 10 heteroatoms. The summed E-state index contributed by atoms with van der Waals surface area (Å²) >= 11 is 0. The van der Waals surface area contributed by atoms with Gasteiger partial charge in [-0.2, -0.15) is 5.10 Å². The van der Waals surface area contributed by atoms with E-state index in [1.807, 2.05) is 0 Å². The van der Waals surface area contributed by atoms with Crippen molar-refractivity contribution >= 4 is 35.3 Å². The fourth-order valence-electron chi connectivity index (χ4n) is 2.81. The molecule has 3 amide bonds. The molecular weight excluding hydrogens is 452 g/mol. The number of rotatable bonds is 9. The van der Waals surface area contributed by atoms with Crippen LogP contribution in [-0.4, -0.2) is 44.8 Å². The van der Waals surface area contributed by atoms with E-state index >= 15 is 0 Å². The van der Waals surface area contributed by atoms with Gasteiger partial charge in [0.15, 0.2) is 6.61 Å². The Kier molecular flexibility index (Phi) is 8.78. The van der Waals surface area contributed by atoms with Crippen molar-refractivity contribution in [2.45, 2.75) is 0 Å². The van der Waals surface area contributed by atoms with Gasteiger partial charge in [-0.25, -0.2) is 5.43 Å². The van der Waals surface area contributed by atoms with Gasteiger partial charge in [-0.3, -0.25) is 14.4 Å². The molecule has 0 spiro atoms. The zero-order valence-corrected chi connectivity index (χ0v) is 19.1. The van der Waals surface area contributed by atoms with Crippen molar-refractivity contribution in [3.63, 3.8) is 0 Å². The number of ether oxygens (including phenoxy) is 3. The molecule has 3 aromatic rings. The fraction of sp³-hybridized carbons (Fsp3) is 0.120. The number of hydrazone groups is 1. The number of nitrogens with zero attached hydrogens (tertiary/aromatic N) is 1. The van der Waals surface area contributed by atoms with E-state index in [1.165, 1.54) is 13.3 Å². The van der Waals surface area contributed by atoms with Crippen LogP contribution in [0.2, 0.25) is 0 Å². The molecule has 10 nitrogen and oxygen atoms in total. The highest BCUT2D eigenvalue weighted by atomic mass is 16.5. The van der Waals surface area contributed by atoms with E-state index in [4.69, 9.17) is 14.2 Å². The van der Waals surface area contributed by atoms with Crippen LogP contribution < -0.4 is 30.3 Å². The van der Waals surface area contributed by atoms with E-state index < -0.39 is 11.8 Å². The molecule has 0 saturated heterocycles. The number of anilines is 2. The maximum atomic E-state index is 12.1. The number of methoxy groups -OCH3 is 2. The molecule has 180 valence electrons. The Bertz CT molecular complexity index is 1190. The van der Waals surface area contributed by atoms with Gasteiger partial charge >= 0.3 is 11.8 Å². The lowest BCUT2D eigenvalue weighted by atomic mass is 10.2. The average molecular weight is 476 g/mol. The van der Waals surface area contributed by atoms with Crippen molar-refractivity contribution in [2.75, 3.05) is 31.5 Å². The number of amides is 3. The largest absolute Gasteiger partial charge is 0.497 e. The Labute approximate surface area is 201 Å². The lowest BCUT2D eigenvalue weighted by molar-refractivity contribution is -0.136. The minimum atomic E-state index is -0.935. The molecule has 0 heterocycles. The highest BCUT2D eigenvalue weighted by Crippen LogP contribution is 2.22. The van der Waals surface area contributed by atoms with E-state index in [2.05, 4.69) is 21.2 Å². The molecular formula is C25H24N4O6. The van der Waals surface area contributed by atoms with Crippen LogP contribution in [0.15, 0.2) is 77.9 Å². The molecule has 0 fully saturated rings. The fourth-order valence-corrected chi connectivity index (χ4v) is 2.81. The Morgan fingerprint density at radius 1 is 0.800 bits per heavy atom. The van der Waals surface area contributed by atoms with Crippen molar-refractivity contribution in [3.05, 3.63) is 78.4 Å². The molecule has 0 unspecified atom stereocenters. The van der Waals surface area contributed by atoms with Gasteiger partial charge < -0.3 is 24.8 Å². The third-order valence-corrected chi connectivity index (χ3v) is 4.56. The van der Waals surface area contributed by atoms with Crippen LogP contribution in [0.1, 0.15) is 5.56 Å². The van der Waals surface area contributed by atoms with Gasteiger partial charge in [-0.15, -0.1) is 0 Å². The smallest absolute Gasteiger partial charge is 0.329 e. The van der Waals surface area contributed by atoms with Gasteiger partial charge in [0.25, 0.3) is 5.91 Å². The lowest BCUT2D eigenvalue weighted by Gasteiger charge is -2.09. The van der Waals surface area contributed by atoms with Crippen molar-refractivity contribution < 1.29 is 28.6 Å². The molecule has 3 aromatic carbocycles. The third-order valence-electron chi connectivity index (χ3n) is 4.56. The molecule has 3 rings (SSSR count). The van der Waals surface area contributed by atoms with Gasteiger partial charge in [-0.05, 0) is 66.2 Å². The van der Waals surface area contributed by atoms with Crippen LogP contribution >= 0.6 is 0 Å². The molecule has 35 heavy (non-hydrogen) atoms. The third kappa shape index (κ3) is 7.60. The summed E-state index contributed by atoms with van der Waals surface area (Å²) in [6.07, 6.45) is 1.37. The van der Waals surface area contributed by atoms with Crippen LogP contribution in [0.4, 0.5) is 11.4 Å². The predicted molar refractivity (Wildman–Crippen MR) is 131 cm³/mol.